The van der Waals surface area contributed by atoms with Crippen molar-refractivity contribution in [3.63, 3.8) is 0 Å². The summed E-state index contributed by atoms with van der Waals surface area (Å²) in [5.41, 5.74) is 0.652. The topological polar surface area (TPSA) is 95.1 Å². The molecule has 0 unspecified atom stereocenters. The lowest BCUT2D eigenvalue weighted by molar-refractivity contribution is 0.223. The number of benzene rings is 2. The number of nitrogens with zero attached hydrogens (tertiary/aromatic N) is 6. The van der Waals surface area contributed by atoms with E-state index < -0.39 is 11.2 Å². The Bertz CT molecular complexity index is 1330. The van der Waals surface area contributed by atoms with Crippen LogP contribution in [0.5, 0.6) is 5.75 Å². The molecule has 2 aliphatic heterocycles. The van der Waals surface area contributed by atoms with Gasteiger partial charge < -0.3 is 9.64 Å². The minimum Gasteiger partial charge on any atom is -0.492 e. The summed E-state index contributed by atoms with van der Waals surface area (Å²) >= 11 is 0. The van der Waals surface area contributed by atoms with Crippen molar-refractivity contribution >= 4 is 0 Å². The SMILES string of the molecule is CCN(CC)CCOc1ccc(-c2nc3c(=O)n(C)c(=O)nc-3n(Cc3ccccc3)n2)cc1. The number of fused-ring (bicyclic) bond motifs is 1. The smallest absolute Gasteiger partial charge is 0.352 e. The van der Waals surface area contributed by atoms with Crippen molar-refractivity contribution in [3.8, 4) is 28.7 Å². The molecule has 34 heavy (non-hydrogen) atoms. The highest BCUT2D eigenvalue weighted by Crippen LogP contribution is 2.22. The summed E-state index contributed by atoms with van der Waals surface area (Å²) in [6.07, 6.45) is 0. The highest BCUT2D eigenvalue weighted by Gasteiger charge is 2.21. The largest absolute Gasteiger partial charge is 0.492 e. The minimum absolute atomic E-state index is 0.0996. The second-order valence-electron chi connectivity index (χ2n) is 7.91. The third-order valence-electron chi connectivity index (χ3n) is 5.74. The Kier molecular flexibility index (Phi) is 7.12. The summed E-state index contributed by atoms with van der Waals surface area (Å²) in [4.78, 5) is 35.8. The van der Waals surface area contributed by atoms with E-state index >= 15 is 0 Å². The molecular weight excluding hydrogens is 432 g/mol. The third-order valence-corrected chi connectivity index (χ3v) is 5.74. The summed E-state index contributed by atoms with van der Waals surface area (Å²) in [5, 5.41) is 4.62. The van der Waals surface area contributed by atoms with Crippen LogP contribution in [0.2, 0.25) is 0 Å². The molecule has 0 atom stereocenters. The third kappa shape index (κ3) is 5.04. The van der Waals surface area contributed by atoms with E-state index in [1.165, 1.54) is 7.05 Å². The molecule has 0 radical (unpaired) electrons. The van der Waals surface area contributed by atoms with Crippen molar-refractivity contribution in [3.05, 3.63) is 81.0 Å². The second kappa shape index (κ2) is 10.4. The van der Waals surface area contributed by atoms with Gasteiger partial charge in [0, 0.05) is 19.2 Å². The first-order valence-electron chi connectivity index (χ1n) is 11.4. The molecule has 0 aromatic heterocycles. The van der Waals surface area contributed by atoms with Gasteiger partial charge in [-0.15, -0.1) is 0 Å². The molecule has 2 aromatic carbocycles. The van der Waals surface area contributed by atoms with Gasteiger partial charge in [0.15, 0.2) is 17.3 Å². The zero-order valence-electron chi connectivity index (χ0n) is 19.6. The summed E-state index contributed by atoms with van der Waals surface area (Å²) < 4.78 is 8.38. The Hall–Kier alpha value is -3.85. The van der Waals surface area contributed by atoms with E-state index in [9.17, 15) is 9.59 Å². The first-order chi connectivity index (χ1) is 16.5. The van der Waals surface area contributed by atoms with E-state index in [4.69, 9.17) is 4.74 Å². The first kappa shape index (κ1) is 23.3. The first-order valence-corrected chi connectivity index (χ1v) is 11.4. The molecule has 4 rings (SSSR count). The van der Waals surface area contributed by atoms with Crippen molar-refractivity contribution in [2.24, 2.45) is 7.05 Å². The van der Waals surface area contributed by atoms with Crippen molar-refractivity contribution in [1.29, 1.82) is 0 Å². The quantitative estimate of drug-likeness (QED) is 0.378. The van der Waals surface area contributed by atoms with Crippen LogP contribution in [0.3, 0.4) is 0 Å². The fourth-order valence-corrected chi connectivity index (χ4v) is 3.65. The average molecular weight is 461 g/mol. The van der Waals surface area contributed by atoms with Crippen LogP contribution in [0, 0.1) is 0 Å². The van der Waals surface area contributed by atoms with Crippen LogP contribution >= 0.6 is 0 Å². The van der Waals surface area contributed by atoms with Gasteiger partial charge >= 0.3 is 5.69 Å². The fraction of sp³-hybridized carbons (Fsp3) is 0.320. The van der Waals surface area contributed by atoms with Gasteiger partial charge in [0.25, 0.3) is 5.56 Å². The van der Waals surface area contributed by atoms with Crippen molar-refractivity contribution in [1.82, 2.24) is 29.2 Å². The molecule has 0 bridgehead atoms. The lowest BCUT2D eigenvalue weighted by Gasteiger charge is -2.18. The predicted molar refractivity (Wildman–Crippen MR) is 130 cm³/mol. The summed E-state index contributed by atoms with van der Waals surface area (Å²) in [7, 11) is 1.39. The Morgan fingerprint density at radius 2 is 1.65 bits per heavy atom. The number of hydrogen-bond donors (Lipinski definition) is 0. The number of ether oxygens (including phenoxy) is 1. The van der Waals surface area contributed by atoms with E-state index in [1.807, 2.05) is 54.6 Å². The maximum absolute atomic E-state index is 12.8. The molecule has 0 amide bonds. The van der Waals surface area contributed by atoms with Gasteiger partial charge in [-0.2, -0.15) is 10.1 Å². The Labute approximate surface area is 197 Å². The van der Waals surface area contributed by atoms with Gasteiger partial charge in [-0.25, -0.2) is 14.5 Å². The van der Waals surface area contributed by atoms with Gasteiger partial charge in [0.05, 0.1) is 6.54 Å². The minimum atomic E-state index is -0.637. The van der Waals surface area contributed by atoms with Gasteiger partial charge in [-0.1, -0.05) is 44.2 Å². The lowest BCUT2D eigenvalue weighted by Crippen LogP contribution is -2.37. The molecule has 9 nitrogen and oxygen atoms in total. The van der Waals surface area contributed by atoms with Crippen LogP contribution in [0.25, 0.3) is 22.9 Å². The normalized spacial score (nSPS) is 11.3. The van der Waals surface area contributed by atoms with Crippen LogP contribution < -0.4 is 16.0 Å². The molecule has 0 saturated carbocycles. The molecule has 176 valence electrons. The zero-order valence-corrected chi connectivity index (χ0v) is 19.6. The second-order valence-corrected chi connectivity index (χ2v) is 7.91. The van der Waals surface area contributed by atoms with Gasteiger partial charge in [-0.05, 0) is 42.9 Å². The lowest BCUT2D eigenvalue weighted by atomic mass is 10.2. The molecule has 0 fully saturated rings. The maximum Gasteiger partial charge on any atom is 0.352 e. The van der Waals surface area contributed by atoms with Crippen LogP contribution in [0.15, 0.2) is 64.2 Å². The molecule has 0 saturated heterocycles. The van der Waals surface area contributed by atoms with Gasteiger partial charge in [0.2, 0.25) is 0 Å². The molecule has 2 heterocycles. The Morgan fingerprint density at radius 3 is 2.32 bits per heavy atom. The summed E-state index contributed by atoms with van der Waals surface area (Å²) in [5.74, 6) is 1.29. The number of likely N-dealkylation sites (N-methyl/N-ethyl adjacent to an activating group) is 1. The van der Waals surface area contributed by atoms with Crippen LogP contribution in [0.4, 0.5) is 0 Å². The summed E-state index contributed by atoms with van der Waals surface area (Å²) in [6.45, 7) is 8.05. The Morgan fingerprint density at radius 1 is 0.941 bits per heavy atom. The number of hydrogen-bond acceptors (Lipinski definition) is 7. The zero-order chi connectivity index (χ0) is 24.1. The standard InChI is InChI=1S/C25H28N6O3/c1-4-30(5-2)15-16-34-20-13-11-19(12-14-20)22-26-21-23(27-25(33)29(3)24(21)32)31(28-22)17-18-9-7-6-8-10-18/h6-14H,4-5,15-17H2,1-3H3. The van der Waals surface area contributed by atoms with E-state index in [-0.39, 0.29) is 11.5 Å². The molecule has 2 aliphatic rings. The molecular formula is C25H28N6O3. The van der Waals surface area contributed by atoms with Crippen molar-refractivity contribution in [2.45, 2.75) is 20.4 Å². The fourth-order valence-electron chi connectivity index (χ4n) is 3.65. The monoisotopic (exact) mass is 460 g/mol. The molecule has 9 heteroatoms. The van der Waals surface area contributed by atoms with Crippen LogP contribution in [-0.2, 0) is 13.6 Å². The van der Waals surface area contributed by atoms with E-state index in [0.717, 1.165) is 41.1 Å². The van der Waals surface area contributed by atoms with E-state index in [1.54, 1.807) is 4.68 Å². The van der Waals surface area contributed by atoms with Gasteiger partial charge in [0.1, 0.15) is 12.4 Å². The number of aromatic nitrogens is 5. The number of rotatable bonds is 9. The Balaban J connectivity index is 1.67. The molecule has 0 spiro atoms. The van der Waals surface area contributed by atoms with Gasteiger partial charge in [-0.3, -0.25) is 9.36 Å². The van der Waals surface area contributed by atoms with E-state index in [0.29, 0.717) is 19.0 Å². The molecule has 0 aliphatic carbocycles. The van der Waals surface area contributed by atoms with Crippen molar-refractivity contribution < 1.29 is 4.74 Å². The van der Waals surface area contributed by atoms with Crippen molar-refractivity contribution in [2.75, 3.05) is 26.2 Å². The predicted octanol–water partition coefficient (Wildman–Crippen LogP) is 2.27. The van der Waals surface area contributed by atoms with Crippen LogP contribution in [0.1, 0.15) is 19.4 Å². The molecule has 2 aromatic rings. The summed E-state index contributed by atoms with van der Waals surface area (Å²) in [6, 6.07) is 17.1. The van der Waals surface area contributed by atoms with Crippen LogP contribution in [-0.4, -0.2) is 55.5 Å². The highest BCUT2D eigenvalue weighted by atomic mass is 16.5. The highest BCUT2D eigenvalue weighted by molar-refractivity contribution is 5.60. The molecule has 0 N–H and O–H groups in total. The average Bonchev–Trinajstić information content (AvgIpc) is 2.87. The van der Waals surface area contributed by atoms with E-state index in [2.05, 4.69) is 33.8 Å². The maximum atomic E-state index is 12.8.